The van der Waals surface area contributed by atoms with Gasteiger partial charge in [0.05, 0.1) is 12.7 Å². The summed E-state index contributed by atoms with van der Waals surface area (Å²) in [6.07, 6.45) is 0.878. The Kier molecular flexibility index (Phi) is 6.37. The zero-order chi connectivity index (χ0) is 17.5. The van der Waals surface area contributed by atoms with Gasteiger partial charge in [0.25, 0.3) is 5.91 Å². The normalized spacial score (nSPS) is 10.1. The molecule has 0 heterocycles. The molecule has 0 radical (unpaired) electrons. The maximum absolute atomic E-state index is 12.1. The van der Waals surface area contributed by atoms with Crippen molar-refractivity contribution >= 4 is 33.5 Å². The molecule has 0 saturated heterocycles. The van der Waals surface area contributed by atoms with E-state index in [1.807, 2.05) is 25.1 Å². The second kappa shape index (κ2) is 8.49. The molecule has 6 heteroatoms. The average Bonchev–Trinajstić information content (AvgIpc) is 2.60. The van der Waals surface area contributed by atoms with E-state index in [4.69, 9.17) is 9.47 Å². The standard InChI is InChI=1S/C18H18BrNO4/c1-3-12-5-4-6-13(9-12)20-17(21)11-24-18(22)15-10-14(23-2)7-8-16(15)19/h4-10H,3,11H2,1-2H3,(H,20,21). The minimum atomic E-state index is -0.599. The van der Waals surface area contributed by atoms with E-state index in [-0.39, 0.29) is 6.61 Å². The summed E-state index contributed by atoms with van der Waals surface area (Å²) in [5.41, 5.74) is 2.10. The molecule has 1 amide bonds. The molecule has 5 nitrogen and oxygen atoms in total. The van der Waals surface area contributed by atoms with Crippen molar-refractivity contribution in [3.05, 3.63) is 58.1 Å². The van der Waals surface area contributed by atoms with Crippen LogP contribution in [-0.4, -0.2) is 25.6 Å². The molecule has 0 aromatic heterocycles. The first kappa shape index (κ1) is 18.0. The summed E-state index contributed by atoms with van der Waals surface area (Å²) in [7, 11) is 1.51. The fourth-order valence-electron chi connectivity index (χ4n) is 2.06. The number of carbonyl (C=O) groups is 2. The topological polar surface area (TPSA) is 64.6 Å². The summed E-state index contributed by atoms with van der Waals surface area (Å²) < 4.78 is 10.7. The largest absolute Gasteiger partial charge is 0.497 e. The molecule has 0 aliphatic carbocycles. The molecule has 0 unspecified atom stereocenters. The molecule has 0 bridgehead atoms. The third kappa shape index (κ3) is 4.83. The minimum Gasteiger partial charge on any atom is -0.497 e. The summed E-state index contributed by atoms with van der Waals surface area (Å²) in [5.74, 6) is -0.458. The molecule has 0 saturated carbocycles. The molecule has 0 aliphatic rings. The highest BCUT2D eigenvalue weighted by molar-refractivity contribution is 9.10. The number of ether oxygens (including phenoxy) is 2. The van der Waals surface area contributed by atoms with Crippen molar-refractivity contribution in [3.8, 4) is 5.75 Å². The summed E-state index contributed by atoms with van der Waals surface area (Å²) in [6.45, 7) is 1.67. The van der Waals surface area contributed by atoms with Gasteiger partial charge in [-0.25, -0.2) is 4.79 Å². The lowest BCUT2D eigenvalue weighted by Gasteiger charge is -2.09. The lowest BCUT2D eigenvalue weighted by Crippen LogP contribution is -2.21. The lowest BCUT2D eigenvalue weighted by molar-refractivity contribution is -0.119. The number of aryl methyl sites for hydroxylation is 1. The van der Waals surface area contributed by atoms with E-state index in [2.05, 4.69) is 21.2 Å². The van der Waals surface area contributed by atoms with Crippen LogP contribution in [0.2, 0.25) is 0 Å². The lowest BCUT2D eigenvalue weighted by atomic mass is 10.1. The van der Waals surface area contributed by atoms with Gasteiger partial charge in [-0.05, 0) is 58.2 Å². The number of rotatable bonds is 6. The monoisotopic (exact) mass is 391 g/mol. The molecule has 1 N–H and O–H groups in total. The Hall–Kier alpha value is -2.34. The van der Waals surface area contributed by atoms with Gasteiger partial charge in [0, 0.05) is 10.2 Å². The van der Waals surface area contributed by atoms with Crippen LogP contribution < -0.4 is 10.1 Å². The zero-order valence-electron chi connectivity index (χ0n) is 13.5. The van der Waals surface area contributed by atoms with E-state index in [0.717, 1.165) is 12.0 Å². The van der Waals surface area contributed by atoms with Gasteiger partial charge in [0.2, 0.25) is 0 Å². The zero-order valence-corrected chi connectivity index (χ0v) is 15.1. The minimum absolute atomic E-state index is 0.301. The molecule has 126 valence electrons. The molecule has 24 heavy (non-hydrogen) atoms. The molecule has 0 aliphatic heterocycles. The van der Waals surface area contributed by atoms with E-state index in [1.165, 1.54) is 7.11 Å². The predicted molar refractivity (Wildman–Crippen MR) is 95.4 cm³/mol. The van der Waals surface area contributed by atoms with Crippen LogP contribution in [0.1, 0.15) is 22.8 Å². The Bertz CT molecular complexity index is 746. The second-order valence-electron chi connectivity index (χ2n) is 5.02. The van der Waals surface area contributed by atoms with Crippen LogP contribution >= 0.6 is 15.9 Å². The van der Waals surface area contributed by atoms with Crippen LogP contribution in [0, 0.1) is 0 Å². The maximum atomic E-state index is 12.1. The van der Waals surface area contributed by atoms with Crippen molar-refractivity contribution in [1.82, 2.24) is 0 Å². The Morgan fingerprint density at radius 3 is 2.67 bits per heavy atom. The van der Waals surface area contributed by atoms with Gasteiger partial charge in [0.15, 0.2) is 6.61 Å². The molecular formula is C18H18BrNO4. The van der Waals surface area contributed by atoms with E-state index >= 15 is 0 Å². The quantitative estimate of drug-likeness (QED) is 0.760. The Labute approximate surface area is 149 Å². The third-order valence-electron chi connectivity index (χ3n) is 3.35. The van der Waals surface area contributed by atoms with Gasteiger partial charge in [-0.2, -0.15) is 0 Å². The molecule has 0 fully saturated rings. The number of carbonyl (C=O) groups excluding carboxylic acids is 2. The fraction of sp³-hybridized carbons (Fsp3) is 0.222. The first-order valence-electron chi connectivity index (χ1n) is 7.43. The predicted octanol–water partition coefficient (Wildman–Crippen LogP) is 3.82. The van der Waals surface area contributed by atoms with Crippen LogP contribution in [0.3, 0.4) is 0 Å². The van der Waals surface area contributed by atoms with Gasteiger partial charge >= 0.3 is 5.97 Å². The third-order valence-corrected chi connectivity index (χ3v) is 4.04. The highest BCUT2D eigenvalue weighted by Gasteiger charge is 2.14. The van der Waals surface area contributed by atoms with Gasteiger partial charge in [-0.15, -0.1) is 0 Å². The van der Waals surface area contributed by atoms with Crippen molar-refractivity contribution in [2.75, 3.05) is 19.0 Å². The highest BCUT2D eigenvalue weighted by Crippen LogP contribution is 2.23. The number of benzene rings is 2. The van der Waals surface area contributed by atoms with E-state index in [1.54, 1.807) is 24.3 Å². The number of anilines is 1. The number of hydrogen-bond acceptors (Lipinski definition) is 4. The van der Waals surface area contributed by atoms with E-state index in [9.17, 15) is 9.59 Å². The van der Waals surface area contributed by atoms with Crippen molar-refractivity contribution < 1.29 is 19.1 Å². The molecular weight excluding hydrogens is 374 g/mol. The Morgan fingerprint density at radius 2 is 1.96 bits per heavy atom. The summed E-state index contributed by atoms with van der Waals surface area (Å²) in [6, 6.07) is 12.5. The average molecular weight is 392 g/mol. The van der Waals surface area contributed by atoms with Crippen molar-refractivity contribution in [1.29, 1.82) is 0 Å². The van der Waals surface area contributed by atoms with Crippen LogP contribution in [0.25, 0.3) is 0 Å². The molecule has 0 spiro atoms. The number of hydrogen-bond donors (Lipinski definition) is 1. The van der Waals surface area contributed by atoms with Crippen LogP contribution in [0.5, 0.6) is 5.75 Å². The number of amides is 1. The molecule has 2 aromatic carbocycles. The summed E-state index contributed by atoms with van der Waals surface area (Å²) in [5, 5.41) is 2.71. The van der Waals surface area contributed by atoms with Crippen molar-refractivity contribution in [2.45, 2.75) is 13.3 Å². The highest BCUT2D eigenvalue weighted by atomic mass is 79.9. The number of esters is 1. The Morgan fingerprint density at radius 1 is 1.17 bits per heavy atom. The van der Waals surface area contributed by atoms with Gasteiger partial charge < -0.3 is 14.8 Å². The van der Waals surface area contributed by atoms with Crippen LogP contribution in [0.4, 0.5) is 5.69 Å². The van der Waals surface area contributed by atoms with Crippen molar-refractivity contribution in [3.63, 3.8) is 0 Å². The number of halogens is 1. The molecule has 2 aromatic rings. The smallest absolute Gasteiger partial charge is 0.339 e. The number of methoxy groups -OCH3 is 1. The fourth-order valence-corrected chi connectivity index (χ4v) is 2.47. The van der Waals surface area contributed by atoms with Gasteiger partial charge in [-0.3, -0.25) is 4.79 Å². The van der Waals surface area contributed by atoms with E-state index in [0.29, 0.717) is 21.5 Å². The Balaban J connectivity index is 1.94. The van der Waals surface area contributed by atoms with Crippen LogP contribution in [-0.2, 0) is 16.0 Å². The molecule has 2 rings (SSSR count). The second-order valence-corrected chi connectivity index (χ2v) is 5.88. The first-order valence-corrected chi connectivity index (χ1v) is 8.22. The first-order chi connectivity index (χ1) is 11.5. The van der Waals surface area contributed by atoms with Crippen molar-refractivity contribution in [2.24, 2.45) is 0 Å². The van der Waals surface area contributed by atoms with Gasteiger partial charge in [-0.1, -0.05) is 19.1 Å². The van der Waals surface area contributed by atoms with E-state index < -0.39 is 11.9 Å². The molecule has 0 atom stereocenters. The summed E-state index contributed by atoms with van der Waals surface area (Å²) >= 11 is 3.28. The van der Waals surface area contributed by atoms with Crippen LogP contribution in [0.15, 0.2) is 46.9 Å². The van der Waals surface area contributed by atoms with Gasteiger partial charge in [0.1, 0.15) is 5.75 Å². The SMILES string of the molecule is CCc1cccc(NC(=O)COC(=O)c2cc(OC)ccc2Br)c1. The maximum Gasteiger partial charge on any atom is 0.339 e. The summed E-state index contributed by atoms with van der Waals surface area (Å²) in [4.78, 5) is 24.0. The number of nitrogens with one attached hydrogen (secondary N) is 1.